The SMILES string of the molecule is CC(C)(C)OC(=O)/C=C\C(=O)OC(C)(C)C.[SnH2]. The molecule has 0 spiro atoms. The molecule has 0 saturated heterocycles. The molecule has 0 aromatic carbocycles. The third-order valence-corrected chi connectivity index (χ3v) is 1.17. The van der Waals surface area contributed by atoms with Crippen LogP contribution in [0.3, 0.4) is 0 Å². The van der Waals surface area contributed by atoms with Crippen molar-refractivity contribution >= 4 is 35.8 Å². The van der Waals surface area contributed by atoms with Gasteiger partial charge in [0.05, 0.1) is 0 Å². The van der Waals surface area contributed by atoms with Crippen LogP contribution in [0.1, 0.15) is 41.5 Å². The zero-order valence-corrected chi connectivity index (χ0v) is 15.5. The van der Waals surface area contributed by atoms with Gasteiger partial charge in [-0.15, -0.1) is 0 Å². The van der Waals surface area contributed by atoms with Crippen molar-refractivity contribution in [3.8, 4) is 0 Å². The first-order valence-electron chi connectivity index (χ1n) is 5.14. The van der Waals surface area contributed by atoms with E-state index in [4.69, 9.17) is 9.47 Å². The van der Waals surface area contributed by atoms with Crippen molar-refractivity contribution in [2.45, 2.75) is 52.7 Å². The second kappa shape index (κ2) is 7.03. The van der Waals surface area contributed by atoms with Gasteiger partial charge in [-0.3, -0.25) is 0 Å². The first-order valence-corrected chi connectivity index (χ1v) is 5.14. The normalized spacial score (nSPS) is 11.9. The topological polar surface area (TPSA) is 52.6 Å². The predicted molar refractivity (Wildman–Crippen MR) is 69.4 cm³/mol. The van der Waals surface area contributed by atoms with Crippen LogP contribution < -0.4 is 0 Å². The Kier molecular flexibility index (Phi) is 7.79. The molecular formula is C12H22O4Sn. The third kappa shape index (κ3) is 13.4. The van der Waals surface area contributed by atoms with Gasteiger partial charge in [0.25, 0.3) is 0 Å². The fourth-order valence-electron chi connectivity index (χ4n) is 0.808. The number of hydrogen-bond donors (Lipinski definition) is 0. The summed E-state index contributed by atoms with van der Waals surface area (Å²) in [7, 11) is 0. The monoisotopic (exact) mass is 350 g/mol. The van der Waals surface area contributed by atoms with Crippen molar-refractivity contribution in [2.75, 3.05) is 0 Å². The first kappa shape index (κ1) is 18.8. The average molecular weight is 349 g/mol. The fraction of sp³-hybridized carbons (Fsp3) is 0.667. The van der Waals surface area contributed by atoms with E-state index in [-0.39, 0.29) is 23.9 Å². The van der Waals surface area contributed by atoms with Crippen LogP contribution in [0.15, 0.2) is 12.2 Å². The number of carbonyl (C=O) groups excluding carboxylic acids is 2. The van der Waals surface area contributed by atoms with Crippen molar-refractivity contribution in [3.05, 3.63) is 12.2 Å². The summed E-state index contributed by atoms with van der Waals surface area (Å²) in [6.07, 6.45) is 2.14. The summed E-state index contributed by atoms with van der Waals surface area (Å²) in [6.45, 7) is 10.5. The van der Waals surface area contributed by atoms with Gasteiger partial charge in [-0.1, -0.05) is 0 Å². The number of rotatable bonds is 2. The van der Waals surface area contributed by atoms with E-state index in [0.717, 1.165) is 12.2 Å². The number of carbonyl (C=O) groups is 2. The van der Waals surface area contributed by atoms with Crippen molar-refractivity contribution in [1.82, 2.24) is 0 Å². The summed E-state index contributed by atoms with van der Waals surface area (Å²) in [4.78, 5) is 22.4. The summed E-state index contributed by atoms with van der Waals surface area (Å²) >= 11 is 0. The zero-order chi connectivity index (χ0) is 13.0. The van der Waals surface area contributed by atoms with E-state index in [1.807, 2.05) is 0 Å². The van der Waals surface area contributed by atoms with E-state index in [2.05, 4.69) is 0 Å². The molecule has 0 unspecified atom stereocenters. The van der Waals surface area contributed by atoms with E-state index in [0.29, 0.717) is 0 Å². The number of ether oxygens (including phenoxy) is 2. The van der Waals surface area contributed by atoms with Crippen LogP contribution in [0.2, 0.25) is 0 Å². The third-order valence-electron chi connectivity index (χ3n) is 1.17. The van der Waals surface area contributed by atoms with Gasteiger partial charge in [-0.2, -0.15) is 0 Å². The Labute approximate surface area is 120 Å². The first-order chi connectivity index (χ1) is 6.99. The van der Waals surface area contributed by atoms with Crippen LogP contribution in [0, 0.1) is 0 Å². The predicted octanol–water partition coefficient (Wildman–Crippen LogP) is 1.31. The summed E-state index contributed by atoms with van der Waals surface area (Å²) in [5.41, 5.74) is -1.12. The molecule has 0 rings (SSSR count). The molecule has 0 aliphatic carbocycles. The molecule has 2 radical (unpaired) electrons. The van der Waals surface area contributed by atoms with Crippen LogP contribution in [-0.2, 0) is 19.1 Å². The Bertz CT molecular complexity index is 265. The molecule has 0 fully saturated rings. The Morgan fingerprint density at radius 3 is 1.18 bits per heavy atom. The van der Waals surface area contributed by atoms with Crippen LogP contribution in [-0.4, -0.2) is 47.0 Å². The molecule has 17 heavy (non-hydrogen) atoms. The summed E-state index contributed by atoms with van der Waals surface area (Å²) in [5, 5.41) is 0. The van der Waals surface area contributed by atoms with Gasteiger partial charge >= 0.3 is 35.8 Å². The molecule has 0 aliphatic rings. The van der Waals surface area contributed by atoms with Gasteiger partial charge in [0.15, 0.2) is 0 Å². The second-order valence-corrected chi connectivity index (χ2v) is 5.40. The van der Waals surface area contributed by atoms with Crippen molar-refractivity contribution in [3.63, 3.8) is 0 Å². The molecule has 0 atom stereocenters. The average Bonchev–Trinajstić information content (AvgIpc) is 1.94. The number of hydrogen-bond acceptors (Lipinski definition) is 4. The molecule has 0 aliphatic heterocycles. The molecule has 0 saturated carbocycles. The van der Waals surface area contributed by atoms with Gasteiger partial charge in [-0.25, -0.2) is 9.59 Å². The molecule has 5 heteroatoms. The summed E-state index contributed by atoms with van der Waals surface area (Å²) in [5.74, 6) is -1.11. The molecule has 0 aromatic heterocycles. The molecule has 0 heterocycles. The zero-order valence-electron chi connectivity index (χ0n) is 11.5. The van der Waals surface area contributed by atoms with Gasteiger partial charge in [0, 0.05) is 12.2 Å². The van der Waals surface area contributed by atoms with Crippen LogP contribution in [0.25, 0.3) is 0 Å². The quantitative estimate of drug-likeness (QED) is 0.429. The van der Waals surface area contributed by atoms with Crippen molar-refractivity contribution in [2.24, 2.45) is 0 Å². The molecule has 0 N–H and O–H groups in total. The van der Waals surface area contributed by atoms with E-state index in [9.17, 15) is 9.59 Å². The molecular weight excluding hydrogens is 327 g/mol. The fourth-order valence-corrected chi connectivity index (χ4v) is 0.808. The minimum absolute atomic E-state index is 0. The molecule has 0 bridgehead atoms. The maximum atomic E-state index is 11.2. The Hall–Kier alpha value is -0.521. The van der Waals surface area contributed by atoms with Crippen LogP contribution in [0.5, 0.6) is 0 Å². The standard InChI is InChI=1S/C12H20O4.Sn.2H/c1-11(2,3)15-9(13)7-8-10(14)16-12(4,5)6;;;/h7-8H,1-6H3;;;/b8-7-;;;. The van der Waals surface area contributed by atoms with Gasteiger partial charge in [0.1, 0.15) is 11.2 Å². The van der Waals surface area contributed by atoms with Crippen molar-refractivity contribution in [1.29, 1.82) is 0 Å². The van der Waals surface area contributed by atoms with Crippen molar-refractivity contribution < 1.29 is 19.1 Å². The Balaban J connectivity index is 0. The molecule has 98 valence electrons. The summed E-state index contributed by atoms with van der Waals surface area (Å²) in [6, 6.07) is 0. The van der Waals surface area contributed by atoms with Gasteiger partial charge in [-0.05, 0) is 41.5 Å². The second-order valence-electron chi connectivity index (χ2n) is 5.40. The van der Waals surface area contributed by atoms with E-state index >= 15 is 0 Å². The molecule has 0 amide bonds. The summed E-state index contributed by atoms with van der Waals surface area (Å²) < 4.78 is 9.97. The van der Waals surface area contributed by atoms with E-state index in [1.165, 1.54) is 0 Å². The van der Waals surface area contributed by atoms with E-state index < -0.39 is 23.1 Å². The Morgan fingerprint density at radius 2 is 1.00 bits per heavy atom. The molecule has 4 nitrogen and oxygen atoms in total. The van der Waals surface area contributed by atoms with Crippen LogP contribution >= 0.6 is 0 Å². The molecule has 0 aromatic rings. The maximum absolute atomic E-state index is 11.2. The van der Waals surface area contributed by atoms with Gasteiger partial charge in [0.2, 0.25) is 0 Å². The number of esters is 2. The van der Waals surface area contributed by atoms with E-state index in [1.54, 1.807) is 41.5 Å². The van der Waals surface area contributed by atoms with Gasteiger partial charge < -0.3 is 9.47 Å². The minimum atomic E-state index is -0.560. The Morgan fingerprint density at radius 1 is 0.765 bits per heavy atom. The van der Waals surface area contributed by atoms with Crippen LogP contribution in [0.4, 0.5) is 0 Å².